The monoisotopic (exact) mass is 582 g/mol. The van der Waals surface area contributed by atoms with Gasteiger partial charge in [0.2, 0.25) is 0 Å². The van der Waals surface area contributed by atoms with E-state index in [0.717, 1.165) is 31.2 Å². The summed E-state index contributed by atoms with van der Waals surface area (Å²) in [6, 6.07) is 6.14. The van der Waals surface area contributed by atoms with E-state index in [9.17, 15) is 22.0 Å². The average molecular weight is 583 g/mol. The zero-order chi connectivity index (χ0) is 29.1. The van der Waals surface area contributed by atoms with Crippen molar-refractivity contribution in [2.45, 2.75) is 82.5 Å². The Morgan fingerprint density at radius 3 is 1.98 bits per heavy atom. The molecular formula is C32H36F6O3. The van der Waals surface area contributed by atoms with Gasteiger partial charge in [0.05, 0.1) is 19.1 Å². The lowest BCUT2D eigenvalue weighted by molar-refractivity contribution is -0.222. The normalized spacial score (nSPS) is 29.5. The molecule has 1 aliphatic heterocycles. The van der Waals surface area contributed by atoms with E-state index in [0.29, 0.717) is 55.6 Å². The molecule has 9 heteroatoms. The van der Waals surface area contributed by atoms with Gasteiger partial charge in [-0.15, -0.1) is 0 Å². The van der Waals surface area contributed by atoms with E-state index in [2.05, 4.69) is 10.8 Å². The molecule has 224 valence electrons. The van der Waals surface area contributed by atoms with Crippen LogP contribution >= 0.6 is 0 Å². The van der Waals surface area contributed by atoms with Gasteiger partial charge in [0.25, 0.3) is 0 Å². The molecule has 3 aliphatic rings. The summed E-state index contributed by atoms with van der Waals surface area (Å²) in [4.78, 5) is 0. The molecular weight excluding hydrogens is 546 g/mol. The van der Waals surface area contributed by atoms with Gasteiger partial charge in [-0.05, 0) is 87.3 Å². The molecule has 3 nitrogen and oxygen atoms in total. The first-order chi connectivity index (χ1) is 19.6. The summed E-state index contributed by atoms with van der Waals surface area (Å²) in [7, 11) is 0. The van der Waals surface area contributed by atoms with Crippen molar-refractivity contribution in [2.75, 3.05) is 13.2 Å². The number of hydrogen-bond donors (Lipinski definition) is 0. The molecule has 5 rings (SSSR count). The standard InChI is InChI=1S/C32H36F6O3/c1-2-3-19-17-39-31(40-18-19)22-6-4-20(5-7-22)23-10-13-26(27(33)14-23)21-8-11-24(12-9-21)32(37,38)41-25-15-28(34)30(36)29(35)16-25/h2-3,10,13-16,19-22,24,31H,4-9,11-12,17-18H2,1H3. The van der Waals surface area contributed by atoms with Crippen LogP contribution in [0.15, 0.2) is 42.5 Å². The number of halogens is 6. The van der Waals surface area contributed by atoms with Crippen molar-refractivity contribution >= 4 is 0 Å². The minimum absolute atomic E-state index is 0.0514. The van der Waals surface area contributed by atoms with Gasteiger partial charge >= 0.3 is 6.11 Å². The third kappa shape index (κ3) is 6.94. The molecule has 41 heavy (non-hydrogen) atoms. The predicted octanol–water partition coefficient (Wildman–Crippen LogP) is 9.03. The third-order valence-corrected chi connectivity index (χ3v) is 8.92. The minimum Gasteiger partial charge on any atom is -0.432 e. The van der Waals surface area contributed by atoms with E-state index in [1.165, 1.54) is 0 Å². The molecule has 2 aromatic rings. The number of alkyl halides is 2. The van der Waals surface area contributed by atoms with Crippen LogP contribution in [0.3, 0.4) is 0 Å². The highest BCUT2D eigenvalue weighted by molar-refractivity contribution is 5.30. The summed E-state index contributed by atoms with van der Waals surface area (Å²) in [6.07, 6.45) is 4.73. The molecule has 0 bridgehead atoms. The second kappa shape index (κ2) is 12.8. The van der Waals surface area contributed by atoms with E-state index in [1.54, 1.807) is 12.1 Å². The maximum Gasteiger partial charge on any atom is 0.400 e. The smallest absolute Gasteiger partial charge is 0.400 e. The highest BCUT2D eigenvalue weighted by atomic mass is 19.3. The lowest BCUT2D eigenvalue weighted by Crippen LogP contribution is -2.37. The van der Waals surface area contributed by atoms with E-state index >= 15 is 4.39 Å². The summed E-state index contributed by atoms with van der Waals surface area (Å²) >= 11 is 0. The van der Waals surface area contributed by atoms with Gasteiger partial charge in [0.15, 0.2) is 23.7 Å². The van der Waals surface area contributed by atoms with Crippen LogP contribution in [0.25, 0.3) is 0 Å². The van der Waals surface area contributed by atoms with Crippen molar-refractivity contribution in [3.8, 4) is 5.75 Å². The Labute approximate surface area is 236 Å². The summed E-state index contributed by atoms with van der Waals surface area (Å²) in [6.45, 7) is 3.32. The van der Waals surface area contributed by atoms with Gasteiger partial charge in [-0.1, -0.05) is 24.3 Å². The molecule has 2 aliphatic carbocycles. The molecule has 2 saturated carbocycles. The average Bonchev–Trinajstić information content (AvgIpc) is 2.96. The van der Waals surface area contributed by atoms with Crippen LogP contribution in [-0.2, 0) is 9.47 Å². The highest BCUT2D eigenvalue weighted by Gasteiger charge is 2.44. The first-order valence-corrected chi connectivity index (χ1v) is 14.5. The first kappa shape index (κ1) is 30.0. The molecule has 3 fully saturated rings. The van der Waals surface area contributed by atoms with Crippen molar-refractivity contribution < 1.29 is 40.6 Å². The van der Waals surface area contributed by atoms with E-state index in [4.69, 9.17) is 9.47 Å². The summed E-state index contributed by atoms with van der Waals surface area (Å²) in [5.74, 6) is -6.57. The Hall–Kier alpha value is -2.52. The van der Waals surface area contributed by atoms with Gasteiger partial charge in [0.1, 0.15) is 11.6 Å². The van der Waals surface area contributed by atoms with Crippen LogP contribution in [0, 0.1) is 41.0 Å². The Morgan fingerprint density at radius 1 is 0.780 bits per heavy atom. The van der Waals surface area contributed by atoms with Crippen molar-refractivity contribution in [3.63, 3.8) is 0 Å². The third-order valence-electron chi connectivity index (χ3n) is 8.92. The van der Waals surface area contributed by atoms with Gasteiger partial charge in [-0.3, -0.25) is 0 Å². The predicted molar refractivity (Wildman–Crippen MR) is 142 cm³/mol. The van der Waals surface area contributed by atoms with Crippen LogP contribution in [0.5, 0.6) is 5.75 Å². The number of hydrogen-bond acceptors (Lipinski definition) is 3. The highest BCUT2D eigenvalue weighted by Crippen LogP contribution is 2.45. The minimum atomic E-state index is -3.70. The lowest BCUT2D eigenvalue weighted by Gasteiger charge is -2.37. The second-order valence-electron chi connectivity index (χ2n) is 11.6. The molecule has 0 amide bonds. The Balaban J connectivity index is 1.12. The lowest BCUT2D eigenvalue weighted by atomic mass is 9.76. The summed E-state index contributed by atoms with van der Waals surface area (Å²) in [5, 5.41) is 0. The number of rotatable bonds is 7. The van der Waals surface area contributed by atoms with Crippen molar-refractivity contribution in [2.24, 2.45) is 17.8 Å². The number of ether oxygens (including phenoxy) is 3. The largest absolute Gasteiger partial charge is 0.432 e. The fourth-order valence-electron chi connectivity index (χ4n) is 6.61. The topological polar surface area (TPSA) is 27.7 Å². The fraction of sp³-hybridized carbons (Fsp3) is 0.562. The summed E-state index contributed by atoms with van der Waals surface area (Å²) < 4.78 is 101. The first-order valence-electron chi connectivity index (χ1n) is 14.5. The maximum atomic E-state index is 15.3. The molecule has 2 aromatic carbocycles. The summed E-state index contributed by atoms with van der Waals surface area (Å²) in [5.41, 5.74) is 1.48. The maximum absolute atomic E-state index is 15.3. The number of benzene rings is 2. The van der Waals surface area contributed by atoms with E-state index in [-0.39, 0.29) is 36.8 Å². The van der Waals surface area contributed by atoms with Gasteiger partial charge in [-0.25, -0.2) is 17.6 Å². The van der Waals surface area contributed by atoms with E-state index in [1.807, 2.05) is 19.1 Å². The van der Waals surface area contributed by atoms with Crippen LogP contribution in [0.4, 0.5) is 26.3 Å². The Kier molecular flexibility index (Phi) is 9.33. The molecule has 0 unspecified atom stereocenters. The molecule has 0 aromatic heterocycles. The zero-order valence-corrected chi connectivity index (χ0v) is 23.1. The molecule has 0 atom stereocenters. The Morgan fingerprint density at radius 2 is 1.39 bits per heavy atom. The fourth-order valence-corrected chi connectivity index (χ4v) is 6.61. The zero-order valence-electron chi connectivity index (χ0n) is 23.1. The van der Waals surface area contributed by atoms with E-state index < -0.39 is 35.2 Å². The van der Waals surface area contributed by atoms with Crippen molar-refractivity contribution in [1.82, 2.24) is 0 Å². The van der Waals surface area contributed by atoms with Crippen LogP contribution < -0.4 is 4.74 Å². The molecule has 1 saturated heterocycles. The van der Waals surface area contributed by atoms with Gasteiger partial charge < -0.3 is 14.2 Å². The SMILES string of the molecule is CC=CC1COC(C2CCC(c3ccc(C4CCC(C(F)(F)Oc5cc(F)c(F)c(F)c5)CC4)c(F)c3)CC2)OC1. The van der Waals surface area contributed by atoms with Crippen molar-refractivity contribution in [1.29, 1.82) is 0 Å². The molecule has 0 spiro atoms. The van der Waals surface area contributed by atoms with Crippen LogP contribution in [-0.4, -0.2) is 25.6 Å². The quantitative estimate of drug-likeness (QED) is 0.185. The molecule has 1 heterocycles. The molecule has 0 N–H and O–H groups in total. The van der Waals surface area contributed by atoms with Gasteiger partial charge in [-0.2, -0.15) is 8.78 Å². The van der Waals surface area contributed by atoms with Crippen LogP contribution in [0.2, 0.25) is 0 Å². The van der Waals surface area contributed by atoms with Crippen LogP contribution in [0.1, 0.15) is 81.3 Å². The second-order valence-corrected chi connectivity index (χ2v) is 11.6. The molecule has 0 radical (unpaired) electrons. The van der Waals surface area contributed by atoms with Gasteiger partial charge in [0, 0.05) is 24.0 Å². The number of allylic oxidation sites excluding steroid dienone is 1. The van der Waals surface area contributed by atoms with Crippen molar-refractivity contribution in [3.05, 3.63) is 76.9 Å². The Bertz CT molecular complexity index is 1190.